The first-order valence-corrected chi connectivity index (χ1v) is 11.2. The van der Waals surface area contributed by atoms with Crippen molar-refractivity contribution in [2.75, 3.05) is 13.2 Å². The van der Waals surface area contributed by atoms with Gasteiger partial charge in [0.05, 0.1) is 23.2 Å². The predicted octanol–water partition coefficient (Wildman–Crippen LogP) is 2.36. The molecule has 2 aromatic heterocycles. The van der Waals surface area contributed by atoms with E-state index in [0.29, 0.717) is 23.5 Å². The van der Waals surface area contributed by atoms with E-state index in [2.05, 4.69) is 10.1 Å². The summed E-state index contributed by atoms with van der Waals surface area (Å²) < 4.78 is 35.0. The number of aromatic nitrogens is 3. The number of ether oxygens (including phenoxy) is 2. The van der Waals surface area contributed by atoms with Crippen LogP contribution in [0.15, 0.2) is 78.0 Å². The summed E-state index contributed by atoms with van der Waals surface area (Å²) in [5.74, 6) is -0.0919. The average molecular weight is 452 g/mol. The van der Waals surface area contributed by atoms with Crippen LogP contribution >= 0.6 is 0 Å². The average Bonchev–Trinajstić information content (AvgIpc) is 3.19. The van der Waals surface area contributed by atoms with E-state index in [1.165, 1.54) is 30.5 Å². The van der Waals surface area contributed by atoms with Gasteiger partial charge in [0.1, 0.15) is 19.0 Å². The molecule has 4 rings (SSSR count). The molecule has 2 heterocycles. The van der Waals surface area contributed by atoms with Gasteiger partial charge in [-0.1, -0.05) is 30.3 Å². The van der Waals surface area contributed by atoms with Gasteiger partial charge >= 0.3 is 5.97 Å². The molecule has 0 spiro atoms. The maximum absolute atomic E-state index is 12.3. The molecule has 0 bridgehead atoms. The van der Waals surface area contributed by atoms with Crippen molar-refractivity contribution in [3.05, 3.63) is 84.2 Å². The number of nitrogens with zero attached hydrogens (tertiary/aromatic N) is 3. The molecule has 0 aliphatic heterocycles. The molecule has 0 unspecified atom stereocenters. The molecule has 164 valence electrons. The number of nitrogens with two attached hydrogens (primary N) is 1. The van der Waals surface area contributed by atoms with Crippen molar-refractivity contribution in [2.24, 2.45) is 5.14 Å². The molecule has 0 aliphatic rings. The molecular weight excluding hydrogens is 432 g/mol. The van der Waals surface area contributed by atoms with Crippen LogP contribution in [0.5, 0.6) is 5.75 Å². The second-order valence-corrected chi connectivity index (χ2v) is 8.49. The van der Waals surface area contributed by atoms with Gasteiger partial charge in [-0.25, -0.2) is 28.0 Å². The number of carbonyl (C=O) groups excluding carboxylic acids is 1. The Labute approximate surface area is 184 Å². The number of hydrogen-bond acceptors (Lipinski definition) is 7. The molecule has 0 saturated heterocycles. The van der Waals surface area contributed by atoms with Gasteiger partial charge in [-0.2, -0.15) is 5.10 Å². The molecule has 32 heavy (non-hydrogen) atoms. The number of sulfonamides is 1. The van der Waals surface area contributed by atoms with Crippen LogP contribution in [-0.4, -0.2) is 42.4 Å². The fourth-order valence-corrected chi connectivity index (χ4v) is 3.57. The predicted molar refractivity (Wildman–Crippen MR) is 117 cm³/mol. The Morgan fingerprint density at radius 2 is 1.75 bits per heavy atom. The van der Waals surface area contributed by atoms with E-state index in [4.69, 9.17) is 14.6 Å². The van der Waals surface area contributed by atoms with E-state index < -0.39 is 16.0 Å². The van der Waals surface area contributed by atoms with Gasteiger partial charge in [-0.05, 0) is 35.9 Å². The van der Waals surface area contributed by atoms with Crippen LogP contribution in [0.2, 0.25) is 0 Å². The summed E-state index contributed by atoms with van der Waals surface area (Å²) in [6, 6.07) is 17.2. The lowest BCUT2D eigenvalue weighted by molar-refractivity contribution is 0.0450. The minimum Gasteiger partial charge on any atom is -0.490 e. The number of primary sulfonamides is 1. The first-order valence-electron chi connectivity index (χ1n) is 9.68. The van der Waals surface area contributed by atoms with E-state index in [9.17, 15) is 13.2 Å². The van der Waals surface area contributed by atoms with Gasteiger partial charge in [-0.15, -0.1) is 0 Å². The molecule has 0 saturated carbocycles. The van der Waals surface area contributed by atoms with Crippen molar-refractivity contribution >= 4 is 27.0 Å². The van der Waals surface area contributed by atoms with Crippen molar-refractivity contribution in [3.63, 3.8) is 0 Å². The third-order valence-electron chi connectivity index (χ3n) is 4.62. The molecule has 0 amide bonds. The lowest BCUT2D eigenvalue weighted by Crippen LogP contribution is -2.13. The third-order valence-corrected chi connectivity index (χ3v) is 5.55. The van der Waals surface area contributed by atoms with Gasteiger partial charge in [-0.3, -0.25) is 0 Å². The summed E-state index contributed by atoms with van der Waals surface area (Å²) in [5, 5.41) is 10.1. The summed E-state index contributed by atoms with van der Waals surface area (Å²) in [5.41, 5.74) is 2.09. The summed E-state index contributed by atoms with van der Waals surface area (Å²) in [7, 11) is -3.75. The number of pyridine rings is 1. The van der Waals surface area contributed by atoms with Crippen LogP contribution in [0, 0.1) is 0 Å². The minimum atomic E-state index is -3.75. The number of carbonyl (C=O) groups is 1. The second-order valence-electron chi connectivity index (χ2n) is 6.93. The van der Waals surface area contributed by atoms with Crippen LogP contribution in [0.1, 0.15) is 15.9 Å². The molecular formula is C22H20N4O5S. The van der Waals surface area contributed by atoms with Crippen LogP contribution in [0.25, 0.3) is 11.0 Å². The first-order chi connectivity index (χ1) is 15.4. The lowest BCUT2D eigenvalue weighted by Gasteiger charge is -2.08. The molecule has 0 fully saturated rings. The largest absolute Gasteiger partial charge is 0.490 e. The van der Waals surface area contributed by atoms with Crippen molar-refractivity contribution < 1.29 is 22.7 Å². The molecule has 4 aromatic rings. The minimum absolute atomic E-state index is 0.00809. The fourth-order valence-electron chi connectivity index (χ4n) is 3.06. The molecule has 2 N–H and O–H groups in total. The number of esters is 1. The van der Waals surface area contributed by atoms with Gasteiger partial charge in [0.15, 0.2) is 5.65 Å². The van der Waals surface area contributed by atoms with Crippen LogP contribution < -0.4 is 9.88 Å². The summed E-state index contributed by atoms with van der Waals surface area (Å²) in [4.78, 5) is 16.7. The monoisotopic (exact) mass is 452 g/mol. The maximum Gasteiger partial charge on any atom is 0.339 e. The lowest BCUT2D eigenvalue weighted by atomic mass is 10.2. The van der Waals surface area contributed by atoms with E-state index in [-0.39, 0.29) is 18.1 Å². The zero-order valence-electron chi connectivity index (χ0n) is 16.9. The van der Waals surface area contributed by atoms with Gasteiger partial charge in [0.2, 0.25) is 10.0 Å². The second kappa shape index (κ2) is 9.16. The van der Waals surface area contributed by atoms with E-state index >= 15 is 0 Å². The quantitative estimate of drug-likeness (QED) is 0.321. The van der Waals surface area contributed by atoms with Crippen LogP contribution in [-0.2, 0) is 21.3 Å². The number of hydrogen-bond donors (Lipinski definition) is 1. The van der Waals surface area contributed by atoms with E-state index in [0.717, 1.165) is 10.9 Å². The van der Waals surface area contributed by atoms with E-state index in [1.54, 1.807) is 16.9 Å². The van der Waals surface area contributed by atoms with Crippen molar-refractivity contribution in [1.82, 2.24) is 14.8 Å². The molecule has 9 nitrogen and oxygen atoms in total. The van der Waals surface area contributed by atoms with Gasteiger partial charge in [0.25, 0.3) is 0 Å². The summed E-state index contributed by atoms with van der Waals surface area (Å²) in [6.07, 6.45) is 3.12. The highest BCUT2D eigenvalue weighted by molar-refractivity contribution is 7.89. The highest BCUT2D eigenvalue weighted by atomic mass is 32.2. The zero-order chi connectivity index (χ0) is 22.6. The number of benzene rings is 2. The van der Waals surface area contributed by atoms with Crippen molar-refractivity contribution in [2.45, 2.75) is 11.4 Å². The van der Waals surface area contributed by atoms with Crippen molar-refractivity contribution in [1.29, 1.82) is 0 Å². The zero-order valence-corrected chi connectivity index (χ0v) is 17.7. The highest BCUT2D eigenvalue weighted by Crippen LogP contribution is 2.16. The number of rotatable bonds is 8. The summed E-state index contributed by atoms with van der Waals surface area (Å²) in [6.45, 7) is 0.697. The molecule has 0 aliphatic carbocycles. The Balaban J connectivity index is 1.32. The Hall–Kier alpha value is -3.76. The van der Waals surface area contributed by atoms with Gasteiger partial charge < -0.3 is 9.47 Å². The normalized spacial score (nSPS) is 11.4. The third kappa shape index (κ3) is 5.10. The van der Waals surface area contributed by atoms with Crippen molar-refractivity contribution in [3.8, 4) is 5.75 Å². The topological polar surface area (TPSA) is 126 Å². The highest BCUT2D eigenvalue weighted by Gasteiger charge is 2.12. The summed E-state index contributed by atoms with van der Waals surface area (Å²) >= 11 is 0. The Morgan fingerprint density at radius 1 is 1.00 bits per heavy atom. The fraction of sp³-hybridized carbons (Fsp3) is 0.136. The Bertz CT molecular complexity index is 1340. The Morgan fingerprint density at radius 3 is 2.47 bits per heavy atom. The standard InChI is InChI=1S/C22H20N4O5S/c23-32(28,29)20-8-6-19(7-9-20)30-10-11-31-22(27)18-12-17-14-25-26(21(17)24-13-18)15-16-4-2-1-3-5-16/h1-9,12-14H,10-11,15H2,(H2,23,28,29). The van der Waals surface area contributed by atoms with Crippen LogP contribution in [0.4, 0.5) is 0 Å². The van der Waals surface area contributed by atoms with E-state index in [1.807, 2.05) is 30.3 Å². The SMILES string of the molecule is NS(=O)(=O)c1ccc(OCCOC(=O)c2cnc3c(cnn3Cc3ccccc3)c2)cc1. The molecule has 2 aromatic carbocycles. The van der Waals surface area contributed by atoms with Crippen LogP contribution in [0.3, 0.4) is 0 Å². The molecule has 10 heteroatoms. The molecule has 0 atom stereocenters. The Kier molecular flexibility index (Phi) is 6.15. The maximum atomic E-state index is 12.3. The molecule has 0 radical (unpaired) electrons. The first kappa shape index (κ1) is 21.5. The number of fused-ring (bicyclic) bond motifs is 1. The smallest absolute Gasteiger partial charge is 0.339 e. The van der Waals surface area contributed by atoms with Gasteiger partial charge in [0, 0.05) is 11.6 Å².